The Hall–Kier alpha value is -3.81. The Bertz CT molecular complexity index is 1460. The van der Waals surface area contributed by atoms with Crippen molar-refractivity contribution in [2.75, 3.05) is 18.0 Å². The number of fused-ring (bicyclic) bond motifs is 2. The molecule has 6 rings (SSSR count). The lowest BCUT2D eigenvalue weighted by atomic mass is 9.99. The van der Waals surface area contributed by atoms with E-state index in [1.165, 1.54) is 11.3 Å². The fraction of sp³-hybridized carbons (Fsp3) is 0.414. The molecule has 0 saturated carbocycles. The van der Waals surface area contributed by atoms with E-state index < -0.39 is 0 Å². The number of anilines is 1. The maximum absolute atomic E-state index is 13.2. The van der Waals surface area contributed by atoms with E-state index in [1.807, 2.05) is 37.1 Å². The number of nitrogens with zero attached hydrogens (tertiary/aromatic N) is 7. The molecule has 8 heteroatoms. The number of aryl methyl sites for hydroxylation is 2. The number of allylic oxidation sites excluding steroid dienone is 1. The number of rotatable bonds is 3. The minimum absolute atomic E-state index is 0.227. The lowest BCUT2D eigenvalue weighted by Gasteiger charge is -2.40. The summed E-state index contributed by atoms with van der Waals surface area (Å²) in [4.78, 5) is 36.3. The van der Waals surface area contributed by atoms with E-state index in [0.717, 1.165) is 85.4 Å². The van der Waals surface area contributed by atoms with Crippen LogP contribution in [0.3, 0.4) is 0 Å². The minimum atomic E-state index is 0.227. The molecule has 0 aliphatic carbocycles. The van der Waals surface area contributed by atoms with Crippen molar-refractivity contribution in [1.82, 2.24) is 24.4 Å². The van der Waals surface area contributed by atoms with Crippen LogP contribution in [-0.4, -0.2) is 49.5 Å². The number of carbonyl (C=O) groups excluding carboxylic acids is 1. The molecule has 0 atom stereocenters. The molecule has 0 spiro atoms. The predicted octanol–water partition coefficient (Wildman–Crippen LogP) is 3.05. The second-order valence-corrected chi connectivity index (χ2v) is 10.1. The fourth-order valence-electron chi connectivity index (χ4n) is 5.88. The van der Waals surface area contributed by atoms with E-state index in [1.54, 1.807) is 0 Å². The van der Waals surface area contributed by atoms with Crippen LogP contribution in [-0.2, 0) is 18.3 Å². The van der Waals surface area contributed by atoms with Gasteiger partial charge in [0.15, 0.2) is 5.49 Å². The fourth-order valence-corrected chi connectivity index (χ4v) is 5.88. The SMILES string of the molecule is Cc1ncc(-c2nc3/c(n2C)=N/C=C\CC\C=3N2CCC(N3C(=O)CCCc4ccccc43)CC2)cn1. The zero-order valence-electron chi connectivity index (χ0n) is 21.6. The second kappa shape index (κ2) is 9.92. The van der Waals surface area contributed by atoms with Gasteiger partial charge in [0.1, 0.15) is 17.0 Å². The van der Waals surface area contributed by atoms with Gasteiger partial charge in [0.2, 0.25) is 5.91 Å². The number of benzene rings is 1. The quantitative estimate of drug-likeness (QED) is 0.558. The summed E-state index contributed by atoms with van der Waals surface area (Å²) < 4.78 is 2.04. The van der Waals surface area contributed by atoms with Gasteiger partial charge in [0.05, 0.1) is 5.56 Å². The maximum Gasteiger partial charge on any atom is 0.227 e. The Kier molecular flexibility index (Phi) is 6.32. The Labute approximate surface area is 217 Å². The van der Waals surface area contributed by atoms with Crippen LogP contribution in [0, 0.1) is 6.92 Å². The molecule has 1 saturated heterocycles. The predicted molar refractivity (Wildman–Crippen MR) is 143 cm³/mol. The third kappa shape index (κ3) is 4.45. The molecule has 0 bridgehead atoms. The van der Waals surface area contributed by atoms with Crippen molar-refractivity contribution in [3.05, 3.63) is 71.2 Å². The highest BCUT2D eigenvalue weighted by Gasteiger charge is 2.32. The lowest BCUT2D eigenvalue weighted by Crippen LogP contribution is -2.48. The number of hydrogen-bond donors (Lipinski definition) is 0. The number of piperidine rings is 1. The van der Waals surface area contributed by atoms with Crippen molar-refractivity contribution in [2.45, 2.75) is 57.9 Å². The molecule has 1 fully saturated rings. The number of para-hydroxylation sites is 1. The van der Waals surface area contributed by atoms with Crippen LogP contribution in [0.2, 0.25) is 0 Å². The smallest absolute Gasteiger partial charge is 0.227 e. The zero-order chi connectivity index (χ0) is 25.4. The first kappa shape index (κ1) is 23.6. The normalized spacial score (nSPS) is 21.8. The number of likely N-dealkylation sites (tertiary alicyclic amines) is 1. The topological polar surface area (TPSA) is 79.5 Å². The summed E-state index contributed by atoms with van der Waals surface area (Å²) in [7, 11) is 2.01. The Morgan fingerprint density at radius 1 is 1.00 bits per heavy atom. The molecule has 5 heterocycles. The highest BCUT2D eigenvalue weighted by molar-refractivity contribution is 5.95. The minimum Gasteiger partial charge on any atom is -0.373 e. The van der Waals surface area contributed by atoms with Crippen LogP contribution in [0.5, 0.6) is 0 Å². The zero-order valence-corrected chi connectivity index (χ0v) is 21.6. The number of aromatic nitrogens is 4. The molecule has 2 aromatic heterocycles. The molecule has 190 valence electrons. The van der Waals surface area contributed by atoms with Gasteiger partial charge in [-0.1, -0.05) is 24.3 Å². The molecular formula is C29H33N7O. The van der Waals surface area contributed by atoms with Gasteiger partial charge >= 0.3 is 0 Å². The summed E-state index contributed by atoms with van der Waals surface area (Å²) >= 11 is 0. The van der Waals surface area contributed by atoms with E-state index in [0.29, 0.717) is 6.42 Å². The summed E-state index contributed by atoms with van der Waals surface area (Å²) in [6.45, 7) is 3.68. The van der Waals surface area contributed by atoms with Gasteiger partial charge in [-0.15, -0.1) is 0 Å². The first-order valence-electron chi connectivity index (χ1n) is 13.3. The van der Waals surface area contributed by atoms with Crippen LogP contribution in [0.4, 0.5) is 5.69 Å². The number of carbonyl (C=O) groups is 1. The van der Waals surface area contributed by atoms with E-state index in [4.69, 9.17) is 9.98 Å². The van der Waals surface area contributed by atoms with Crippen LogP contribution < -0.4 is 15.7 Å². The first-order valence-corrected chi connectivity index (χ1v) is 13.3. The summed E-state index contributed by atoms with van der Waals surface area (Å²) in [5.41, 5.74) is 5.39. The molecular weight excluding hydrogens is 462 g/mol. The molecule has 0 unspecified atom stereocenters. The van der Waals surface area contributed by atoms with E-state index in [9.17, 15) is 4.79 Å². The van der Waals surface area contributed by atoms with Crippen LogP contribution in [0.25, 0.3) is 17.1 Å². The monoisotopic (exact) mass is 495 g/mol. The third-order valence-electron chi connectivity index (χ3n) is 7.80. The molecule has 3 aromatic rings. The Morgan fingerprint density at radius 2 is 1.78 bits per heavy atom. The molecule has 0 radical (unpaired) electrons. The molecule has 3 aliphatic heterocycles. The average molecular weight is 496 g/mol. The molecule has 0 N–H and O–H groups in total. The van der Waals surface area contributed by atoms with Crippen LogP contribution in [0.1, 0.15) is 49.9 Å². The molecule has 1 aromatic carbocycles. The summed E-state index contributed by atoms with van der Waals surface area (Å²) in [6.07, 6.45) is 13.9. The van der Waals surface area contributed by atoms with Gasteiger partial charge in [-0.3, -0.25) is 4.79 Å². The van der Waals surface area contributed by atoms with Crippen molar-refractivity contribution >= 4 is 17.3 Å². The van der Waals surface area contributed by atoms with E-state index in [2.05, 4.69) is 50.1 Å². The van der Waals surface area contributed by atoms with Crippen molar-refractivity contribution in [2.24, 2.45) is 12.0 Å². The Morgan fingerprint density at radius 3 is 2.59 bits per heavy atom. The van der Waals surface area contributed by atoms with E-state index in [-0.39, 0.29) is 11.9 Å². The summed E-state index contributed by atoms with van der Waals surface area (Å²) in [5, 5.41) is 0.942. The van der Waals surface area contributed by atoms with Crippen molar-refractivity contribution in [1.29, 1.82) is 0 Å². The van der Waals surface area contributed by atoms with Gasteiger partial charge in [-0.2, -0.15) is 0 Å². The van der Waals surface area contributed by atoms with Crippen LogP contribution in [0.15, 0.2) is 53.9 Å². The van der Waals surface area contributed by atoms with Crippen molar-refractivity contribution < 1.29 is 4.79 Å². The van der Waals surface area contributed by atoms with E-state index >= 15 is 0 Å². The lowest BCUT2D eigenvalue weighted by molar-refractivity contribution is -0.119. The molecule has 3 aliphatic rings. The molecule has 1 amide bonds. The van der Waals surface area contributed by atoms with Crippen molar-refractivity contribution in [3.8, 4) is 11.4 Å². The maximum atomic E-state index is 13.2. The van der Waals surface area contributed by atoms with Gasteiger partial charge in [0.25, 0.3) is 0 Å². The van der Waals surface area contributed by atoms with Crippen LogP contribution >= 0.6 is 0 Å². The third-order valence-corrected chi connectivity index (χ3v) is 7.80. The molecule has 8 nitrogen and oxygen atoms in total. The summed E-state index contributed by atoms with van der Waals surface area (Å²) in [5.74, 6) is 1.83. The van der Waals surface area contributed by atoms with Gasteiger partial charge in [-0.25, -0.2) is 19.9 Å². The van der Waals surface area contributed by atoms with Crippen molar-refractivity contribution in [3.63, 3.8) is 0 Å². The number of hydrogen-bond acceptors (Lipinski definition) is 6. The Balaban J connectivity index is 1.33. The highest BCUT2D eigenvalue weighted by Crippen LogP contribution is 2.32. The average Bonchev–Trinajstić information content (AvgIpc) is 3.10. The molecule has 37 heavy (non-hydrogen) atoms. The number of imidazole rings is 1. The standard InChI is InChI=1S/C29H33N7O/c1-20-31-18-22(19-32-20)28-33-27-25(11-5-6-15-30-29(27)34(28)2)35-16-13-23(14-17-35)36-24-10-4-3-8-21(24)9-7-12-26(36)37/h3-4,6,8,10,15,18-19,23H,5,7,9,11-14,16-17H2,1-2H3/b15-6-,27-25-,30-29-. The van der Waals surface area contributed by atoms with Gasteiger partial charge in [0, 0.05) is 62.6 Å². The van der Waals surface area contributed by atoms with Gasteiger partial charge in [-0.05, 0) is 57.1 Å². The number of amides is 1. The van der Waals surface area contributed by atoms with Gasteiger partial charge < -0.3 is 14.4 Å². The first-order chi connectivity index (χ1) is 18.1. The highest BCUT2D eigenvalue weighted by atomic mass is 16.2. The largest absolute Gasteiger partial charge is 0.373 e. The second-order valence-electron chi connectivity index (χ2n) is 10.1. The summed E-state index contributed by atoms with van der Waals surface area (Å²) in [6, 6.07) is 8.67.